The van der Waals surface area contributed by atoms with Gasteiger partial charge in [0.05, 0.1) is 14.2 Å². The Morgan fingerprint density at radius 3 is 1.82 bits per heavy atom. The van der Waals surface area contributed by atoms with E-state index >= 15 is 0 Å². The third kappa shape index (κ3) is 4.34. The average Bonchev–Trinajstić information content (AvgIpc) is 2.74. The Morgan fingerprint density at radius 2 is 1.32 bits per heavy atom. The quantitative estimate of drug-likeness (QED) is 0.654. The number of rotatable bonds is 7. The van der Waals surface area contributed by atoms with Crippen molar-refractivity contribution in [2.45, 2.75) is 18.9 Å². The molecular formula is C24H25NO3. The van der Waals surface area contributed by atoms with Crippen molar-refractivity contribution in [1.82, 2.24) is 5.32 Å². The van der Waals surface area contributed by atoms with Gasteiger partial charge >= 0.3 is 0 Å². The first-order chi connectivity index (χ1) is 13.6. The Labute approximate surface area is 166 Å². The highest BCUT2D eigenvalue weighted by atomic mass is 16.5. The fourth-order valence-electron chi connectivity index (χ4n) is 3.44. The summed E-state index contributed by atoms with van der Waals surface area (Å²) in [4.78, 5) is 12.9. The van der Waals surface area contributed by atoms with E-state index in [9.17, 15) is 4.79 Å². The van der Waals surface area contributed by atoms with Crippen LogP contribution in [0.25, 0.3) is 0 Å². The van der Waals surface area contributed by atoms with Gasteiger partial charge in [0.15, 0.2) is 11.5 Å². The first-order valence-corrected chi connectivity index (χ1v) is 9.26. The van der Waals surface area contributed by atoms with E-state index in [0.29, 0.717) is 17.1 Å². The largest absolute Gasteiger partial charge is 0.493 e. The molecule has 3 aromatic rings. The van der Waals surface area contributed by atoms with Crippen LogP contribution >= 0.6 is 0 Å². The Bertz CT molecular complexity index is 870. The normalized spacial score (nSPS) is 11.7. The lowest BCUT2D eigenvalue weighted by Crippen LogP contribution is -2.37. The molecule has 0 saturated heterocycles. The third-order valence-corrected chi connectivity index (χ3v) is 4.82. The van der Waals surface area contributed by atoms with Crippen molar-refractivity contribution >= 4 is 5.91 Å². The fraction of sp³-hybridized carbons (Fsp3) is 0.208. The number of ether oxygens (including phenoxy) is 2. The van der Waals surface area contributed by atoms with Crippen LogP contribution in [0.5, 0.6) is 11.5 Å². The minimum Gasteiger partial charge on any atom is -0.493 e. The molecule has 0 spiro atoms. The maximum atomic E-state index is 12.9. The highest BCUT2D eigenvalue weighted by Crippen LogP contribution is 2.30. The molecule has 4 nitrogen and oxygen atoms in total. The molecule has 0 heterocycles. The maximum Gasteiger partial charge on any atom is 0.251 e. The number of benzene rings is 3. The average molecular weight is 375 g/mol. The summed E-state index contributed by atoms with van der Waals surface area (Å²) in [7, 11) is 3.13. The van der Waals surface area contributed by atoms with Gasteiger partial charge in [-0.15, -0.1) is 0 Å². The van der Waals surface area contributed by atoms with Crippen molar-refractivity contribution in [1.29, 1.82) is 0 Å². The van der Waals surface area contributed by atoms with Crippen molar-refractivity contribution in [3.63, 3.8) is 0 Å². The van der Waals surface area contributed by atoms with Crippen molar-refractivity contribution in [2.24, 2.45) is 0 Å². The summed E-state index contributed by atoms with van der Waals surface area (Å²) < 4.78 is 10.6. The van der Waals surface area contributed by atoms with Crippen LogP contribution in [0, 0.1) is 0 Å². The molecule has 0 aliphatic carbocycles. The molecule has 1 N–H and O–H groups in total. The number of nitrogens with one attached hydrogen (secondary N) is 1. The SMILES string of the molecule is COc1ccc(C(=O)NC(C)C(c2ccccc2)c2ccccc2)cc1OC. The van der Waals surface area contributed by atoms with E-state index in [-0.39, 0.29) is 17.9 Å². The van der Waals surface area contributed by atoms with Gasteiger partial charge in [0.2, 0.25) is 0 Å². The molecule has 28 heavy (non-hydrogen) atoms. The van der Waals surface area contributed by atoms with Crippen LogP contribution in [0.1, 0.15) is 34.3 Å². The summed E-state index contributed by atoms with van der Waals surface area (Å²) >= 11 is 0. The summed E-state index contributed by atoms with van der Waals surface area (Å²) in [5, 5.41) is 3.15. The first kappa shape index (κ1) is 19.5. The molecule has 0 bridgehead atoms. The van der Waals surface area contributed by atoms with Crippen molar-refractivity contribution in [3.8, 4) is 11.5 Å². The van der Waals surface area contributed by atoms with Crippen LogP contribution in [0.2, 0.25) is 0 Å². The summed E-state index contributed by atoms with van der Waals surface area (Å²) in [6, 6.07) is 25.5. The van der Waals surface area contributed by atoms with E-state index in [4.69, 9.17) is 9.47 Å². The van der Waals surface area contributed by atoms with E-state index in [1.807, 2.05) is 43.3 Å². The Hall–Kier alpha value is -3.27. The van der Waals surface area contributed by atoms with Crippen molar-refractivity contribution < 1.29 is 14.3 Å². The second-order valence-electron chi connectivity index (χ2n) is 6.63. The number of methoxy groups -OCH3 is 2. The first-order valence-electron chi connectivity index (χ1n) is 9.26. The smallest absolute Gasteiger partial charge is 0.251 e. The number of hydrogen-bond donors (Lipinski definition) is 1. The third-order valence-electron chi connectivity index (χ3n) is 4.82. The molecule has 0 radical (unpaired) electrons. The van der Waals surface area contributed by atoms with E-state index in [1.165, 1.54) is 0 Å². The van der Waals surface area contributed by atoms with Gasteiger partial charge in [-0.05, 0) is 36.2 Å². The Kier molecular flexibility index (Phi) is 6.33. The number of carbonyl (C=O) groups excluding carboxylic acids is 1. The zero-order chi connectivity index (χ0) is 19.9. The molecule has 4 heteroatoms. The Balaban J connectivity index is 1.86. The molecule has 144 valence electrons. The van der Waals surface area contributed by atoms with Crippen LogP contribution in [0.4, 0.5) is 0 Å². The molecule has 3 aromatic carbocycles. The molecule has 1 amide bonds. The predicted octanol–water partition coefficient (Wildman–Crippen LogP) is 4.65. The highest BCUT2D eigenvalue weighted by Gasteiger charge is 2.23. The van der Waals surface area contributed by atoms with Crippen LogP contribution in [0.15, 0.2) is 78.9 Å². The number of amides is 1. The molecule has 1 atom stereocenters. The number of carbonyl (C=O) groups is 1. The molecule has 1 unspecified atom stereocenters. The van der Waals surface area contributed by atoms with Gasteiger partial charge in [-0.1, -0.05) is 60.7 Å². The zero-order valence-electron chi connectivity index (χ0n) is 16.4. The zero-order valence-corrected chi connectivity index (χ0v) is 16.4. The minimum absolute atomic E-state index is 0.0477. The monoisotopic (exact) mass is 375 g/mol. The van der Waals surface area contributed by atoms with E-state index < -0.39 is 0 Å². The van der Waals surface area contributed by atoms with Crippen molar-refractivity contribution in [3.05, 3.63) is 95.6 Å². The molecule has 0 fully saturated rings. The lowest BCUT2D eigenvalue weighted by Gasteiger charge is -2.26. The predicted molar refractivity (Wildman–Crippen MR) is 111 cm³/mol. The van der Waals surface area contributed by atoms with Gasteiger partial charge in [-0.25, -0.2) is 0 Å². The van der Waals surface area contributed by atoms with Gasteiger partial charge in [0.1, 0.15) is 0 Å². The molecule has 3 rings (SSSR count). The molecule has 0 aliphatic heterocycles. The van der Waals surface area contributed by atoms with Gasteiger partial charge in [-0.3, -0.25) is 4.79 Å². The standard InChI is InChI=1S/C24H25NO3/c1-17(25-24(26)20-14-15-21(27-2)22(16-20)28-3)23(18-10-6-4-7-11-18)19-12-8-5-9-13-19/h4-17,23H,1-3H3,(H,25,26). The highest BCUT2D eigenvalue weighted by molar-refractivity contribution is 5.95. The fourth-order valence-corrected chi connectivity index (χ4v) is 3.44. The molecular weight excluding hydrogens is 350 g/mol. The summed E-state index contributed by atoms with van der Waals surface area (Å²) in [5.74, 6) is 1.03. The lowest BCUT2D eigenvalue weighted by molar-refractivity contribution is 0.0936. The lowest BCUT2D eigenvalue weighted by atomic mass is 9.85. The molecule has 0 saturated carbocycles. The maximum absolute atomic E-state index is 12.9. The van der Waals surface area contributed by atoms with E-state index in [1.54, 1.807) is 32.4 Å². The van der Waals surface area contributed by atoms with Crippen molar-refractivity contribution in [2.75, 3.05) is 14.2 Å². The van der Waals surface area contributed by atoms with Gasteiger partial charge < -0.3 is 14.8 Å². The van der Waals surface area contributed by atoms with Gasteiger partial charge in [0.25, 0.3) is 5.91 Å². The van der Waals surface area contributed by atoms with Crippen LogP contribution < -0.4 is 14.8 Å². The number of hydrogen-bond acceptors (Lipinski definition) is 3. The Morgan fingerprint density at radius 1 is 0.786 bits per heavy atom. The van der Waals surface area contributed by atoms with E-state index in [0.717, 1.165) is 11.1 Å². The van der Waals surface area contributed by atoms with Gasteiger partial charge in [-0.2, -0.15) is 0 Å². The second kappa shape index (κ2) is 9.09. The van der Waals surface area contributed by atoms with Crippen LogP contribution in [-0.4, -0.2) is 26.2 Å². The minimum atomic E-state index is -0.148. The van der Waals surface area contributed by atoms with Crippen LogP contribution in [-0.2, 0) is 0 Å². The van der Waals surface area contributed by atoms with Gasteiger partial charge in [0, 0.05) is 17.5 Å². The summed E-state index contributed by atoms with van der Waals surface area (Å²) in [6.07, 6.45) is 0. The summed E-state index contributed by atoms with van der Waals surface area (Å²) in [6.45, 7) is 2.03. The molecule has 0 aromatic heterocycles. The second-order valence-corrected chi connectivity index (χ2v) is 6.63. The van der Waals surface area contributed by atoms with E-state index in [2.05, 4.69) is 29.6 Å². The summed E-state index contributed by atoms with van der Waals surface area (Å²) in [5.41, 5.74) is 2.85. The molecule has 0 aliphatic rings. The van der Waals surface area contributed by atoms with Crippen LogP contribution in [0.3, 0.4) is 0 Å². The topological polar surface area (TPSA) is 47.6 Å².